The SMILES string of the molecule is CC.CC#Cc1nc(N)cc(C)c1C(F)(F)F. The topological polar surface area (TPSA) is 38.9 Å². The van der Waals surface area contributed by atoms with Crippen molar-refractivity contribution < 1.29 is 13.2 Å². The lowest BCUT2D eigenvalue weighted by atomic mass is 10.1. The Hall–Kier alpha value is -1.70. The molecule has 0 aliphatic rings. The smallest absolute Gasteiger partial charge is 0.384 e. The van der Waals surface area contributed by atoms with E-state index in [0.29, 0.717) is 0 Å². The minimum absolute atomic E-state index is 0.0350. The number of pyridine rings is 1. The van der Waals surface area contributed by atoms with Gasteiger partial charge in [-0.25, -0.2) is 4.98 Å². The quantitative estimate of drug-likeness (QED) is 0.710. The Bertz CT molecular complexity index is 440. The van der Waals surface area contributed by atoms with Gasteiger partial charge < -0.3 is 5.73 Å². The van der Waals surface area contributed by atoms with E-state index >= 15 is 0 Å². The highest BCUT2D eigenvalue weighted by molar-refractivity contribution is 5.48. The van der Waals surface area contributed by atoms with E-state index in [4.69, 9.17) is 5.73 Å². The number of halogens is 3. The molecule has 2 nitrogen and oxygen atoms in total. The number of aryl methyl sites for hydroxylation is 1. The number of nitrogen functional groups attached to an aromatic ring is 1. The van der Waals surface area contributed by atoms with E-state index in [9.17, 15) is 13.2 Å². The largest absolute Gasteiger partial charge is 0.419 e. The van der Waals surface area contributed by atoms with Crippen molar-refractivity contribution in [1.82, 2.24) is 4.98 Å². The monoisotopic (exact) mass is 244 g/mol. The zero-order valence-corrected chi connectivity index (χ0v) is 10.2. The fraction of sp³-hybridized carbons (Fsp3) is 0.417. The van der Waals surface area contributed by atoms with Gasteiger partial charge in [0.05, 0.1) is 5.56 Å². The van der Waals surface area contributed by atoms with Crippen LogP contribution in [0.4, 0.5) is 19.0 Å². The van der Waals surface area contributed by atoms with Crippen LogP contribution in [0, 0.1) is 18.8 Å². The van der Waals surface area contributed by atoms with Gasteiger partial charge in [-0.2, -0.15) is 13.2 Å². The van der Waals surface area contributed by atoms with E-state index in [-0.39, 0.29) is 17.1 Å². The van der Waals surface area contributed by atoms with Crippen molar-refractivity contribution >= 4 is 5.82 Å². The van der Waals surface area contributed by atoms with E-state index in [2.05, 4.69) is 16.8 Å². The van der Waals surface area contributed by atoms with Crippen LogP contribution < -0.4 is 5.73 Å². The second-order valence-electron chi connectivity index (χ2n) is 2.96. The average molecular weight is 244 g/mol. The fourth-order valence-corrected chi connectivity index (χ4v) is 1.26. The van der Waals surface area contributed by atoms with Crippen molar-refractivity contribution in [2.24, 2.45) is 0 Å². The van der Waals surface area contributed by atoms with Crippen LogP contribution in [-0.4, -0.2) is 4.98 Å². The molecule has 17 heavy (non-hydrogen) atoms. The number of aromatic nitrogens is 1. The van der Waals surface area contributed by atoms with Crippen molar-refractivity contribution in [2.45, 2.75) is 33.9 Å². The summed E-state index contributed by atoms with van der Waals surface area (Å²) in [7, 11) is 0. The number of anilines is 1. The molecule has 0 saturated heterocycles. The summed E-state index contributed by atoms with van der Waals surface area (Å²) in [5.41, 5.74) is 4.26. The molecule has 0 radical (unpaired) electrons. The molecule has 0 unspecified atom stereocenters. The Kier molecular flexibility index (Phi) is 5.52. The zero-order chi connectivity index (χ0) is 13.6. The Morgan fingerprint density at radius 3 is 2.24 bits per heavy atom. The number of hydrogen-bond acceptors (Lipinski definition) is 2. The Balaban J connectivity index is 0.00000121. The van der Waals surface area contributed by atoms with Gasteiger partial charge in [0.25, 0.3) is 0 Å². The molecule has 0 fully saturated rings. The molecule has 0 saturated carbocycles. The molecule has 0 aliphatic carbocycles. The predicted octanol–water partition coefficient (Wildman–Crippen LogP) is 3.39. The van der Waals surface area contributed by atoms with E-state index in [1.165, 1.54) is 19.9 Å². The maximum absolute atomic E-state index is 12.6. The number of rotatable bonds is 0. The lowest BCUT2D eigenvalue weighted by Gasteiger charge is -2.12. The van der Waals surface area contributed by atoms with Gasteiger partial charge in [0.1, 0.15) is 11.5 Å². The lowest BCUT2D eigenvalue weighted by Crippen LogP contribution is -2.12. The molecule has 1 rings (SSSR count). The van der Waals surface area contributed by atoms with E-state index < -0.39 is 11.7 Å². The highest BCUT2D eigenvalue weighted by Crippen LogP contribution is 2.34. The van der Waals surface area contributed by atoms with Crippen molar-refractivity contribution in [3.05, 3.63) is 22.9 Å². The molecule has 0 spiro atoms. The van der Waals surface area contributed by atoms with E-state index in [0.717, 1.165) is 0 Å². The van der Waals surface area contributed by atoms with Crippen LogP contribution >= 0.6 is 0 Å². The van der Waals surface area contributed by atoms with E-state index in [1.807, 2.05) is 13.8 Å². The minimum atomic E-state index is -4.45. The number of nitrogens with two attached hydrogens (primary N) is 1. The molecule has 1 aromatic rings. The third-order valence-corrected chi connectivity index (χ3v) is 1.76. The summed E-state index contributed by atoms with van der Waals surface area (Å²) in [6.07, 6.45) is -4.45. The maximum Gasteiger partial charge on any atom is 0.419 e. The molecule has 0 aliphatic heterocycles. The molecular formula is C12H15F3N2. The first-order valence-corrected chi connectivity index (χ1v) is 5.13. The van der Waals surface area contributed by atoms with Crippen LogP contribution in [-0.2, 0) is 6.18 Å². The normalized spacial score (nSPS) is 9.82. The first-order valence-electron chi connectivity index (χ1n) is 5.13. The summed E-state index contributed by atoms with van der Waals surface area (Å²) >= 11 is 0. The molecule has 2 N–H and O–H groups in total. The summed E-state index contributed by atoms with van der Waals surface area (Å²) in [4.78, 5) is 3.57. The molecule has 0 bridgehead atoms. The fourth-order valence-electron chi connectivity index (χ4n) is 1.26. The molecule has 0 amide bonds. The number of hydrogen-bond donors (Lipinski definition) is 1. The highest BCUT2D eigenvalue weighted by atomic mass is 19.4. The Morgan fingerprint density at radius 2 is 1.82 bits per heavy atom. The van der Waals surface area contributed by atoms with Crippen molar-refractivity contribution in [1.29, 1.82) is 0 Å². The van der Waals surface area contributed by atoms with Gasteiger partial charge in [0, 0.05) is 0 Å². The first kappa shape index (κ1) is 15.3. The minimum Gasteiger partial charge on any atom is -0.384 e. The van der Waals surface area contributed by atoms with Gasteiger partial charge >= 0.3 is 6.18 Å². The maximum atomic E-state index is 12.6. The van der Waals surface area contributed by atoms with Gasteiger partial charge in [-0.1, -0.05) is 19.8 Å². The second-order valence-corrected chi connectivity index (χ2v) is 2.96. The molecule has 0 aromatic carbocycles. The van der Waals surface area contributed by atoms with Crippen LogP contribution in [0.3, 0.4) is 0 Å². The molecule has 5 heteroatoms. The summed E-state index contributed by atoms with van der Waals surface area (Å²) < 4.78 is 37.8. The molecule has 1 heterocycles. The van der Waals surface area contributed by atoms with Crippen molar-refractivity contribution in [3.8, 4) is 11.8 Å². The van der Waals surface area contributed by atoms with Crippen molar-refractivity contribution in [2.75, 3.05) is 5.73 Å². The van der Waals surface area contributed by atoms with Crippen LogP contribution in [0.2, 0.25) is 0 Å². The first-order chi connectivity index (χ1) is 7.86. The summed E-state index contributed by atoms with van der Waals surface area (Å²) in [6, 6.07) is 1.18. The lowest BCUT2D eigenvalue weighted by molar-refractivity contribution is -0.138. The van der Waals surface area contributed by atoms with Gasteiger partial charge in [-0.15, -0.1) is 0 Å². The third kappa shape index (κ3) is 3.99. The third-order valence-electron chi connectivity index (χ3n) is 1.76. The van der Waals surface area contributed by atoms with Gasteiger partial charge in [0.2, 0.25) is 0 Å². The number of nitrogens with zero attached hydrogens (tertiary/aromatic N) is 1. The second kappa shape index (κ2) is 6.14. The average Bonchev–Trinajstić information content (AvgIpc) is 2.17. The van der Waals surface area contributed by atoms with E-state index in [1.54, 1.807) is 0 Å². The highest BCUT2D eigenvalue weighted by Gasteiger charge is 2.35. The Labute approximate surface area is 99.0 Å². The zero-order valence-electron chi connectivity index (χ0n) is 10.2. The van der Waals surface area contributed by atoms with Crippen LogP contribution in [0.1, 0.15) is 37.6 Å². The summed E-state index contributed by atoms with van der Waals surface area (Å²) in [5.74, 6) is 4.73. The Morgan fingerprint density at radius 1 is 1.29 bits per heavy atom. The predicted molar refractivity (Wildman–Crippen MR) is 62.3 cm³/mol. The number of alkyl halides is 3. The van der Waals surface area contributed by atoms with Gasteiger partial charge in [-0.05, 0) is 31.4 Å². The summed E-state index contributed by atoms with van der Waals surface area (Å²) in [5, 5.41) is 0. The van der Waals surface area contributed by atoms with Crippen LogP contribution in [0.25, 0.3) is 0 Å². The molecular weight excluding hydrogens is 229 g/mol. The molecule has 94 valence electrons. The van der Waals surface area contributed by atoms with Crippen LogP contribution in [0.15, 0.2) is 6.07 Å². The van der Waals surface area contributed by atoms with Gasteiger partial charge in [-0.3, -0.25) is 0 Å². The van der Waals surface area contributed by atoms with Gasteiger partial charge in [0.15, 0.2) is 0 Å². The standard InChI is InChI=1S/C10H9F3N2.C2H6/c1-3-4-7-9(10(11,12)13)6(2)5-8(14)15-7;1-2/h5H,1-2H3,(H2,14,15);1-2H3. The summed E-state index contributed by atoms with van der Waals surface area (Å²) in [6.45, 7) is 6.78. The molecule has 1 aromatic heterocycles. The van der Waals surface area contributed by atoms with Crippen LogP contribution in [0.5, 0.6) is 0 Å². The molecule has 0 atom stereocenters. The van der Waals surface area contributed by atoms with Crippen molar-refractivity contribution in [3.63, 3.8) is 0 Å².